The lowest BCUT2D eigenvalue weighted by molar-refractivity contribution is -0.144. The summed E-state index contributed by atoms with van der Waals surface area (Å²) in [6.45, 7) is 3.32. The van der Waals surface area contributed by atoms with Crippen LogP contribution in [0.2, 0.25) is 0 Å². The van der Waals surface area contributed by atoms with Gasteiger partial charge in [-0.25, -0.2) is 0 Å². The molecule has 2 aliphatic rings. The number of ether oxygens (including phenoxy) is 1. The van der Waals surface area contributed by atoms with Crippen LogP contribution in [0, 0.1) is 0 Å². The third-order valence-electron chi connectivity index (χ3n) is 7.48. The topological polar surface area (TPSA) is 75.0 Å². The van der Waals surface area contributed by atoms with Gasteiger partial charge in [0.2, 0.25) is 11.8 Å². The van der Waals surface area contributed by atoms with Gasteiger partial charge in [0.25, 0.3) is 0 Å². The van der Waals surface area contributed by atoms with Gasteiger partial charge in [-0.1, -0.05) is 37.3 Å². The van der Waals surface area contributed by atoms with Crippen LogP contribution in [-0.2, 0) is 28.5 Å². The highest BCUT2D eigenvalue weighted by Gasteiger charge is 2.55. The normalized spacial score (nSPS) is 18.6. The van der Waals surface area contributed by atoms with Gasteiger partial charge in [-0.05, 0) is 23.3 Å². The van der Waals surface area contributed by atoms with Crippen molar-refractivity contribution in [2.75, 3.05) is 33.4 Å². The van der Waals surface area contributed by atoms with Gasteiger partial charge < -0.3 is 24.2 Å². The molecule has 0 bridgehead atoms. The van der Waals surface area contributed by atoms with Gasteiger partial charge in [0, 0.05) is 50.2 Å². The summed E-state index contributed by atoms with van der Waals surface area (Å²) in [6, 6.07) is 15.4. The minimum Gasteiger partial charge on any atom is -0.497 e. The highest BCUT2D eigenvalue weighted by atomic mass is 16.5. The molecule has 3 aromatic rings. The molecule has 2 aromatic carbocycles. The number of aromatic nitrogens is 1. The van der Waals surface area contributed by atoms with Gasteiger partial charge in [-0.3, -0.25) is 9.59 Å². The zero-order valence-electron chi connectivity index (χ0n) is 20.0. The van der Waals surface area contributed by atoms with Crippen molar-refractivity contribution < 1.29 is 19.4 Å². The van der Waals surface area contributed by atoms with Crippen molar-refractivity contribution in [2.45, 2.75) is 31.2 Å². The Morgan fingerprint density at radius 1 is 1.09 bits per heavy atom. The number of amides is 2. The minimum atomic E-state index is -0.412. The third-order valence-corrected chi connectivity index (χ3v) is 7.48. The maximum Gasteiger partial charge on any atom is 0.227 e. The molecule has 0 aliphatic carbocycles. The molecule has 2 aliphatic heterocycles. The maximum absolute atomic E-state index is 13.1. The van der Waals surface area contributed by atoms with Crippen LogP contribution in [0.3, 0.4) is 0 Å². The van der Waals surface area contributed by atoms with Crippen molar-refractivity contribution in [3.8, 4) is 5.75 Å². The van der Waals surface area contributed by atoms with Gasteiger partial charge in [-0.2, -0.15) is 0 Å². The second kappa shape index (κ2) is 8.47. The first-order valence-electron chi connectivity index (χ1n) is 11.8. The Labute approximate surface area is 199 Å². The van der Waals surface area contributed by atoms with Crippen molar-refractivity contribution in [1.29, 1.82) is 0 Å². The number of rotatable bonds is 5. The lowest BCUT2D eigenvalue weighted by atomic mass is 9.68. The molecule has 1 spiro atoms. The van der Waals surface area contributed by atoms with Crippen LogP contribution in [0.15, 0.2) is 48.5 Å². The molecule has 0 unspecified atom stereocenters. The molecule has 0 saturated carbocycles. The van der Waals surface area contributed by atoms with E-state index < -0.39 is 6.04 Å². The van der Waals surface area contributed by atoms with E-state index in [9.17, 15) is 14.7 Å². The standard InChI is InChI=1S/C27H31N3O4/c1-4-23(32)30-17-27(15-29(16-27)24(33)12-18-8-6-5-7-9-18)25-20-11-10-19(34-3)13-21(20)28(2)26(25)22(30)14-31/h5-11,13,22,31H,4,12,14-17H2,1-3H3/t22-/m1/s1. The van der Waals surface area contributed by atoms with Gasteiger partial charge in [0.15, 0.2) is 0 Å². The van der Waals surface area contributed by atoms with E-state index in [1.54, 1.807) is 7.11 Å². The second-order valence-corrected chi connectivity index (χ2v) is 9.47. The molecule has 178 valence electrons. The molecule has 1 N–H and O–H groups in total. The first kappa shape index (κ1) is 22.5. The molecule has 5 rings (SSSR count). The molecule has 2 amide bonds. The van der Waals surface area contributed by atoms with E-state index in [1.807, 2.05) is 66.2 Å². The zero-order chi connectivity index (χ0) is 24.0. The fourth-order valence-electron chi connectivity index (χ4n) is 5.82. The molecule has 7 heteroatoms. The summed E-state index contributed by atoms with van der Waals surface area (Å²) in [5.41, 5.74) is 3.75. The summed E-state index contributed by atoms with van der Waals surface area (Å²) in [4.78, 5) is 29.7. The summed E-state index contributed by atoms with van der Waals surface area (Å²) >= 11 is 0. The van der Waals surface area contributed by atoms with E-state index in [0.717, 1.165) is 33.5 Å². The summed E-state index contributed by atoms with van der Waals surface area (Å²) < 4.78 is 7.54. The minimum absolute atomic E-state index is 0.0148. The van der Waals surface area contributed by atoms with Crippen LogP contribution in [0.1, 0.15) is 36.2 Å². The number of carbonyl (C=O) groups excluding carboxylic acids is 2. The SMILES string of the molecule is CCC(=O)N1CC2(CN(C(=O)Cc3ccccc3)C2)c2c(n(C)c3cc(OC)ccc23)[C@H]1CO. The molecule has 3 heterocycles. The summed E-state index contributed by atoms with van der Waals surface area (Å²) in [6.07, 6.45) is 0.740. The van der Waals surface area contributed by atoms with Crippen LogP contribution in [0.25, 0.3) is 10.9 Å². The summed E-state index contributed by atoms with van der Waals surface area (Å²) in [5.74, 6) is 0.869. The number of benzene rings is 2. The molecule has 7 nitrogen and oxygen atoms in total. The number of fused-ring (bicyclic) bond motifs is 4. The average molecular weight is 462 g/mol. The highest BCUT2D eigenvalue weighted by Crippen LogP contribution is 2.49. The number of methoxy groups -OCH3 is 1. The number of hydrogen-bond acceptors (Lipinski definition) is 4. The monoisotopic (exact) mass is 461 g/mol. The van der Waals surface area contributed by atoms with E-state index in [-0.39, 0.29) is 23.8 Å². The van der Waals surface area contributed by atoms with E-state index in [1.165, 1.54) is 0 Å². The number of carbonyl (C=O) groups is 2. The van der Waals surface area contributed by atoms with Crippen molar-refractivity contribution in [3.63, 3.8) is 0 Å². The molecular weight excluding hydrogens is 430 g/mol. The summed E-state index contributed by atoms with van der Waals surface area (Å²) in [5, 5.41) is 11.5. The molecule has 0 radical (unpaired) electrons. The zero-order valence-corrected chi connectivity index (χ0v) is 20.0. The quantitative estimate of drug-likeness (QED) is 0.634. The number of hydrogen-bond donors (Lipinski definition) is 1. The fraction of sp³-hybridized carbons (Fsp3) is 0.407. The first-order chi connectivity index (χ1) is 16.4. The Kier molecular flexibility index (Phi) is 5.60. The van der Waals surface area contributed by atoms with Crippen molar-refractivity contribution in [3.05, 3.63) is 65.4 Å². The lowest BCUT2D eigenvalue weighted by Crippen LogP contribution is -2.68. The van der Waals surface area contributed by atoms with Crippen molar-refractivity contribution >= 4 is 22.7 Å². The van der Waals surface area contributed by atoms with Crippen LogP contribution in [0.5, 0.6) is 5.75 Å². The predicted octanol–water partition coefficient (Wildman–Crippen LogP) is 2.80. The Hall–Kier alpha value is -3.32. The van der Waals surface area contributed by atoms with Gasteiger partial charge in [0.1, 0.15) is 5.75 Å². The second-order valence-electron chi connectivity index (χ2n) is 9.47. The smallest absolute Gasteiger partial charge is 0.227 e. The Balaban J connectivity index is 1.56. The highest BCUT2D eigenvalue weighted by molar-refractivity contribution is 5.91. The van der Waals surface area contributed by atoms with E-state index in [4.69, 9.17) is 4.74 Å². The van der Waals surface area contributed by atoms with Crippen LogP contribution >= 0.6 is 0 Å². The van der Waals surface area contributed by atoms with Gasteiger partial charge >= 0.3 is 0 Å². The van der Waals surface area contributed by atoms with E-state index in [2.05, 4.69) is 10.6 Å². The van der Waals surface area contributed by atoms with Crippen molar-refractivity contribution in [1.82, 2.24) is 14.4 Å². The number of likely N-dealkylation sites (tertiary alicyclic amines) is 1. The van der Waals surface area contributed by atoms with Crippen LogP contribution in [-0.4, -0.2) is 64.6 Å². The predicted molar refractivity (Wildman–Crippen MR) is 130 cm³/mol. The maximum atomic E-state index is 13.1. The summed E-state index contributed by atoms with van der Waals surface area (Å²) in [7, 11) is 3.62. The number of nitrogens with zero attached hydrogens (tertiary/aromatic N) is 3. The molecule has 1 aromatic heterocycles. The Bertz CT molecular complexity index is 1240. The fourth-order valence-corrected chi connectivity index (χ4v) is 5.82. The third kappa shape index (κ3) is 3.38. The van der Waals surface area contributed by atoms with Crippen LogP contribution < -0.4 is 4.74 Å². The Morgan fingerprint density at radius 3 is 2.47 bits per heavy atom. The molecule has 1 saturated heterocycles. The molecule has 1 fully saturated rings. The van der Waals surface area contributed by atoms with E-state index >= 15 is 0 Å². The Morgan fingerprint density at radius 2 is 1.82 bits per heavy atom. The van der Waals surface area contributed by atoms with E-state index in [0.29, 0.717) is 32.5 Å². The number of aliphatic hydroxyl groups excluding tert-OH is 1. The molecule has 34 heavy (non-hydrogen) atoms. The average Bonchev–Trinajstić information content (AvgIpc) is 3.14. The number of aryl methyl sites for hydroxylation is 1. The largest absolute Gasteiger partial charge is 0.497 e. The van der Waals surface area contributed by atoms with Gasteiger partial charge in [0.05, 0.1) is 37.1 Å². The van der Waals surface area contributed by atoms with Crippen LogP contribution in [0.4, 0.5) is 0 Å². The number of aliphatic hydroxyl groups is 1. The first-order valence-corrected chi connectivity index (χ1v) is 11.8. The molecule has 1 atom stereocenters. The molecular formula is C27H31N3O4. The van der Waals surface area contributed by atoms with Gasteiger partial charge in [-0.15, -0.1) is 0 Å². The van der Waals surface area contributed by atoms with Crippen molar-refractivity contribution in [2.24, 2.45) is 7.05 Å². The lowest BCUT2D eigenvalue weighted by Gasteiger charge is -2.56.